The highest BCUT2D eigenvalue weighted by Gasteiger charge is 2.03. The summed E-state index contributed by atoms with van der Waals surface area (Å²) in [6.45, 7) is 0. The van der Waals surface area contributed by atoms with Gasteiger partial charge in [-0.1, -0.05) is 23.7 Å². The minimum absolute atomic E-state index is 0.468. The van der Waals surface area contributed by atoms with Crippen molar-refractivity contribution >= 4 is 11.6 Å². The summed E-state index contributed by atoms with van der Waals surface area (Å²) in [6, 6.07) is 7.69. The third-order valence-electron chi connectivity index (χ3n) is 1.91. The molecular weight excluding hydrogens is 200 g/mol. The highest BCUT2D eigenvalue weighted by molar-refractivity contribution is 6.29. The third-order valence-corrected chi connectivity index (χ3v) is 2.11. The van der Waals surface area contributed by atoms with E-state index >= 15 is 0 Å². The molecule has 2 rings (SSSR count). The second-order valence-corrected chi connectivity index (χ2v) is 3.16. The number of ether oxygens (including phenoxy) is 1. The lowest BCUT2D eigenvalue weighted by Crippen LogP contribution is -1.94. The zero-order chi connectivity index (χ0) is 9.97. The van der Waals surface area contributed by atoms with Crippen molar-refractivity contribution in [3.05, 3.63) is 41.9 Å². The van der Waals surface area contributed by atoms with Crippen LogP contribution in [-0.2, 0) is 0 Å². The fourth-order valence-corrected chi connectivity index (χ4v) is 1.42. The maximum atomic E-state index is 5.73. The number of benzene rings is 1. The van der Waals surface area contributed by atoms with Gasteiger partial charge in [-0.05, 0) is 12.1 Å². The number of methoxy groups -OCH3 is 1. The van der Waals surface area contributed by atoms with Crippen molar-refractivity contribution in [3.63, 3.8) is 0 Å². The van der Waals surface area contributed by atoms with E-state index in [1.54, 1.807) is 19.6 Å². The number of halogens is 1. The van der Waals surface area contributed by atoms with Crippen molar-refractivity contribution in [3.8, 4) is 11.4 Å². The van der Waals surface area contributed by atoms with Gasteiger partial charge in [0.25, 0.3) is 0 Å². The molecule has 0 N–H and O–H groups in total. The van der Waals surface area contributed by atoms with Gasteiger partial charge < -0.3 is 9.30 Å². The van der Waals surface area contributed by atoms with Crippen LogP contribution in [0.25, 0.3) is 5.69 Å². The molecule has 0 bridgehead atoms. The van der Waals surface area contributed by atoms with Crippen LogP contribution in [0.3, 0.4) is 0 Å². The molecule has 0 fully saturated rings. The molecule has 3 nitrogen and oxygen atoms in total. The summed E-state index contributed by atoms with van der Waals surface area (Å²) in [6.07, 6.45) is 3.39. The average molecular weight is 209 g/mol. The van der Waals surface area contributed by atoms with Crippen molar-refractivity contribution < 1.29 is 4.74 Å². The summed E-state index contributed by atoms with van der Waals surface area (Å²) in [5, 5.41) is 0.468. The number of nitrogens with zero attached hydrogens (tertiary/aromatic N) is 2. The van der Waals surface area contributed by atoms with E-state index in [0.717, 1.165) is 11.4 Å². The summed E-state index contributed by atoms with van der Waals surface area (Å²) in [4.78, 5) is 3.94. The molecule has 0 spiro atoms. The van der Waals surface area contributed by atoms with E-state index in [-0.39, 0.29) is 0 Å². The Morgan fingerprint density at radius 1 is 1.36 bits per heavy atom. The molecule has 0 aliphatic carbocycles. The largest absolute Gasteiger partial charge is 0.495 e. The van der Waals surface area contributed by atoms with Gasteiger partial charge in [-0.25, -0.2) is 4.98 Å². The topological polar surface area (TPSA) is 27.1 Å². The molecule has 0 unspecified atom stereocenters. The summed E-state index contributed by atoms with van der Waals surface area (Å²) in [7, 11) is 1.64. The van der Waals surface area contributed by atoms with Crippen LogP contribution < -0.4 is 4.74 Å². The summed E-state index contributed by atoms with van der Waals surface area (Å²) >= 11 is 5.73. The van der Waals surface area contributed by atoms with Crippen LogP contribution in [0.15, 0.2) is 36.8 Å². The molecule has 0 atom stereocenters. The zero-order valence-electron chi connectivity index (χ0n) is 7.64. The normalized spacial score (nSPS) is 10.1. The van der Waals surface area contributed by atoms with Crippen LogP contribution in [0.4, 0.5) is 0 Å². The highest BCUT2D eigenvalue weighted by atomic mass is 35.5. The second kappa shape index (κ2) is 3.72. The van der Waals surface area contributed by atoms with E-state index < -0.39 is 0 Å². The Morgan fingerprint density at radius 2 is 2.14 bits per heavy atom. The lowest BCUT2D eigenvalue weighted by molar-refractivity contribution is 0.413. The molecule has 1 aromatic heterocycles. The minimum atomic E-state index is 0.468. The fraction of sp³-hybridized carbons (Fsp3) is 0.100. The van der Waals surface area contributed by atoms with Gasteiger partial charge in [0.1, 0.15) is 17.2 Å². The van der Waals surface area contributed by atoms with Crippen LogP contribution in [0, 0.1) is 0 Å². The number of hydrogen-bond acceptors (Lipinski definition) is 2. The van der Waals surface area contributed by atoms with E-state index in [9.17, 15) is 0 Å². The summed E-state index contributed by atoms with van der Waals surface area (Å²) in [5.41, 5.74) is 0.925. The molecule has 0 amide bonds. The number of hydrogen-bond donors (Lipinski definition) is 0. The maximum Gasteiger partial charge on any atom is 0.147 e. The molecule has 0 saturated carbocycles. The van der Waals surface area contributed by atoms with E-state index in [1.807, 2.05) is 28.8 Å². The quantitative estimate of drug-likeness (QED) is 0.759. The van der Waals surface area contributed by atoms with Crippen molar-refractivity contribution in [2.24, 2.45) is 0 Å². The van der Waals surface area contributed by atoms with Crippen molar-refractivity contribution in [2.45, 2.75) is 0 Å². The Bertz CT molecular complexity index is 439. The lowest BCUT2D eigenvalue weighted by atomic mass is 10.3. The first kappa shape index (κ1) is 9.09. The van der Waals surface area contributed by atoms with Crippen LogP contribution in [-0.4, -0.2) is 16.7 Å². The third kappa shape index (κ3) is 1.59. The van der Waals surface area contributed by atoms with E-state index in [0.29, 0.717) is 5.15 Å². The Balaban J connectivity index is 2.50. The SMILES string of the molecule is COc1ccccc1-n1cnc(Cl)c1. The smallest absolute Gasteiger partial charge is 0.147 e. The standard InChI is InChI=1S/C10H9ClN2O/c1-14-9-5-3-2-4-8(9)13-6-10(11)12-7-13/h2-7H,1H3. The van der Waals surface area contributed by atoms with Gasteiger partial charge >= 0.3 is 0 Å². The van der Waals surface area contributed by atoms with Crippen LogP contribution in [0.5, 0.6) is 5.75 Å². The Labute approximate surface area is 86.9 Å². The van der Waals surface area contributed by atoms with Gasteiger partial charge in [-0.15, -0.1) is 0 Å². The van der Waals surface area contributed by atoms with Gasteiger partial charge in [0.15, 0.2) is 0 Å². The number of para-hydroxylation sites is 2. The van der Waals surface area contributed by atoms with Gasteiger partial charge in [-0.3, -0.25) is 0 Å². The molecule has 1 heterocycles. The monoisotopic (exact) mass is 208 g/mol. The van der Waals surface area contributed by atoms with Crippen molar-refractivity contribution in [1.82, 2.24) is 9.55 Å². The Hall–Kier alpha value is -1.48. The number of imidazole rings is 1. The van der Waals surface area contributed by atoms with E-state index in [4.69, 9.17) is 16.3 Å². The van der Waals surface area contributed by atoms with E-state index in [1.165, 1.54) is 0 Å². The minimum Gasteiger partial charge on any atom is -0.495 e. The molecule has 4 heteroatoms. The van der Waals surface area contributed by atoms with Crippen LogP contribution in [0.2, 0.25) is 5.15 Å². The first-order valence-electron chi connectivity index (χ1n) is 4.14. The Morgan fingerprint density at radius 3 is 2.79 bits per heavy atom. The molecule has 72 valence electrons. The van der Waals surface area contributed by atoms with Gasteiger partial charge in [-0.2, -0.15) is 0 Å². The number of aromatic nitrogens is 2. The molecule has 1 aromatic carbocycles. The molecule has 0 radical (unpaired) electrons. The molecule has 0 saturated heterocycles. The first-order valence-corrected chi connectivity index (χ1v) is 4.52. The highest BCUT2D eigenvalue weighted by Crippen LogP contribution is 2.22. The predicted molar refractivity (Wildman–Crippen MR) is 55.1 cm³/mol. The maximum absolute atomic E-state index is 5.73. The molecular formula is C10H9ClN2O. The summed E-state index contributed by atoms with van der Waals surface area (Å²) < 4.78 is 7.04. The van der Waals surface area contributed by atoms with Gasteiger partial charge in [0.2, 0.25) is 0 Å². The predicted octanol–water partition coefficient (Wildman–Crippen LogP) is 2.53. The van der Waals surface area contributed by atoms with E-state index in [2.05, 4.69) is 4.98 Å². The molecule has 0 aliphatic heterocycles. The zero-order valence-corrected chi connectivity index (χ0v) is 8.40. The molecule has 2 aromatic rings. The molecule has 0 aliphatic rings. The fourth-order valence-electron chi connectivity index (χ4n) is 1.27. The summed E-state index contributed by atoms with van der Waals surface area (Å²) in [5.74, 6) is 0.793. The van der Waals surface area contributed by atoms with Crippen LogP contribution in [0.1, 0.15) is 0 Å². The first-order chi connectivity index (χ1) is 6.81. The average Bonchev–Trinajstić information content (AvgIpc) is 2.65. The Kier molecular flexibility index (Phi) is 2.41. The molecule has 14 heavy (non-hydrogen) atoms. The number of rotatable bonds is 2. The van der Waals surface area contributed by atoms with Crippen molar-refractivity contribution in [1.29, 1.82) is 0 Å². The van der Waals surface area contributed by atoms with Crippen LogP contribution >= 0.6 is 11.6 Å². The lowest BCUT2D eigenvalue weighted by Gasteiger charge is -2.07. The van der Waals surface area contributed by atoms with Crippen molar-refractivity contribution in [2.75, 3.05) is 7.11 Å². The van der Waals surface area contributed by atoms with Gasteiger partial charge in [0.05, 0.1) is 12.8 Å². The second-order valence-electron chi connectivity index (χ2n) is 2.78. The van der Waals surface area contributed by atoms with Gasteiger partial charge in [0, 0.05) is 6.20 Å².